The van der Waals surface area contributed by atoms with E-state index in [9.17, 15) is 0 Å². The zero-order valence-electron chi connectivity index (χ0n) is 38.2. The average Bonchev–Trinajstić information content (AvgIpc) is 4.16. The predicted octanol–water partition coefficient (Wildman–Crippen LogP) is 14.1. The van der Waals surface area contributed by atoms with E-state index >= 15 is 0 Å². The molecule has 0 unspecified atom stereocenters. The second-order valence-electron chi connectivity index (χ2n) is 18.0. The molecular formula is C61H38N10. The summed E-state index contributed by atoms with van der Waals surface area (Å²) < 4.78 is 9.74. The number of rotatable bonds is 6. The number of benzene rings is 5. The molecule has 0 aliphatic rings. The highest BCUT2D eigenvalue weighted by molar-refractivity contribution is 6.18. The number of fused-ring (bicyclic) bond motifs is 12. The Morgan fingerprint density at radius 1 is 0.282 bits per heavy atom. The molecule has 0 amide bonds. The van der Waals surface area contributed by atoms with Gasteiger partial charge in [0.1, 0.15) is 0 Å². The summed E-state index contributed by atoms with van der Waals surface area (Å²) in [6, 6.07) is 53.8. The minimum atomic E-state index is 0.796. The Bertz CT molecular complexity index is 4460. The Labute approximate surface area is 405 Å². The van der Waals surface area contributed by atoms with Gasteiger partial charge < -0.3 is 18.3 Å². The van der Waals surface area contributed by atoms with Gasteiger partial charge >= 0.3 is 0 Å². The summed E-state index contributed by atoms with van der Waals surface area (Å²) in [4.78, 5) is 30.0. The highest BCUT2D eigenvalue weighted by atomic mass is 15.2. The van der Waals surface area contributed by atoms with Crippen LogP contribution in [0.1, 0.15) is 5.69 Å². The molecule has 10 nitrogen and oxygen atoms in total. The smallest absolute Gasteiger partial charge is 0.0976 e. The Morgan fingerprint density at radius 3 is 1.04 bits per heavy atom. The molecule has 0 radical (unpaired) electrons. The van der Waals surface area contributed by atoms with Gasteiger partial charge in [0.2, 0.25) is 0 Å². The molecule has 332 valence electrons. The standard InChI is InChI=1S/C61H38N10/c1-37-12-10-18-47(67-37)57-56(38-13-11-27-62-32-38)58(68-48-19-6-2-14-39(48)43-23-28-63-33-52(43)68)60(70-50-21-8-4-16-41(50)45-25-30-65-35-54(45)70)61(71-51-22-9-5-17-42(51)46-26-31-66-36-55(46)71)59(57)69-49-20-7-3-15-40(49)44-24-29-64-34-53(44)69/h2-36H,1H3. The lowest BCUT2D eigenvalue weighted by Crippen LogP contribution is -2.17. The van der Waals surface area contributed by atoms with Crippen LogP contribution >= 0.6 is 0 Å². The minimum absolute atomic E-state index is 0.796. The molecule has 0 spiro atoms. The number of hydrogen-bond acceptors (Lipinski definition) is 6. The maximum atomic E-state index is 5.54. The molecule has 0 bridgehead atoms. The summed E-state index contributed by atoms with van der Waals surface area (Å²) >= 11 is 0. The van der Waals surface area contributed by atoms with Crippen LogP contribution in [-0.4, -0.2) is 48.2 Å². The van der Waals surface area contributed by atoms with Gasteiger partial charge in [-0.3, -0.25) is 29.9 Å². The molecular weight excluding hydrogens is 873 g/mol. The maximum absolute atomic E-state index is 5.54. The predicted molar refractivity (Wildman–Crippen MR) is 286 cm³/mol. The van der Waals surface area contributed by atoms with E-state index in [0.717, 1.165) is 138 Å². The average molecular weight is 911 g/mol. The van der Waals surface area contributed by atoms with Crippen LogP contribution in [-0.2, 0) is 0 Å². The van der Waals surface area contributed by atoms with Gasteiger partial charge in [0, 0.05) is 103 Å². The molecule has 5 aromatic carbocycles. The SMILES string of the molecule is Cc1cccc(-c2c(-c3cccnc3)c(-n3c4ccccc4c4ccncc43)c(-n3c4ccccc4c4ccncc43)c(-n3c4ccccc4c4ccncc43)c2-n2c3ccccc3c3ccncc32)n1. The van der Waals surface area contributed by atoms with Crippen molar-refractivity contribution in [1.29, 1.82) is 0 Å². The molecule has 0 saturated carbocycles. The zero-order chi connectivity index (χ0) is 46.7. The van der Waals surface area contributed by atoms with Crippen molar-refractivity contribution >= 4 is 87.2 Å². The van der Waals surface area contributed by atoms with Gasteiger partial charge in [-0.1, -0.05) is 84.9 Å². The summed E-state index contributed by atoms with van der Waals surface area (Å²) in [6.07, 6.45) is 19.4. The largest absolute Gasteiger partial charge is 0.305 e. The number of nitrogens with zero attached hydrogens (tertiary/aromatic N) is 10. The van der Waals surface area contributed by atoms with E-state index in [1.165, 1.54) is 0 Å². The van der Waals surface area contributed by atoms with Crippen LogP contribution < -0.4 is 0 Å². The first-order valence-electron chi connectivity index (χ1n) is 23.7. The summed E-state index contributed by atoms with van der Waals surface area (Å²) in [7, 11) is 0. The first kappa shape index (κ1) is 39.2. The van der Waals surface area contributed by atoms with Crippen molar-refractivity contribution < 1.29 is 0 Å². The van der Waals surface area contributed by atoms with Crippen molar-refractivity contribution in [3.8, 4) is 45.1 Å². The van der Waals surface area contributed by atoms with Crippen LogP contribution in [0.3, 0.4) is 0 Å². The van der Waals surface area contributed by atoms with E-state index in [1.807, 2.05) is 68.0 Å². The molecule has 0 aliphatic heterocycles. The fraction of sp³-hybridized carbons (Fsp3) is 0.0164. The fourth-order valence-corrected chi connectivity index (χ4v) is 11.5. The summed E-state index contributed by atoms with van der Waals surface area (Å²) in [5, 5.41) is 8.73. The maximum Gasteiger partial charge on any atom is 0.0976 e. The van der Waals surface area contributed by atoms with Crippen LogP contribution in [0.25, 0.3) is 132 Å². The van der Waals surface area contributed by atoms with Crippen molar-refractivity contribution in [1.82, 2.24) is 48.2 Å². The minimum Gasteiger partial charge on any atom is -0.305 e. The molecule has 0 aliphatic carbocycles. The van der Waals surface area contributed by atoms with Gasteiger partial charge in [-0.2, -0.15) is 0 Å². The number of aryl methyl sites for hydroxylation is 1. The van der Waals surface area contributed by atoms with Gasteiger partial charge in [0.15, 0.2) is 0 Å². The first-order chi connectivity index (χ1) is 35.2. The first-order valence-corrected chi connectivity index (χ1v) is 23.7. The Hall–Kier alpha value is -9.80. The van der Waals surface area contributed by atoms with E-state index < -0.39 is 0 Å². The second kappa shape index (κ2) is 15.1. The normalized spacial score (nSPS) is 12.0. The highest BCUT2D eigenvalue weighted by Crippen LogP contribution is 2.54. The zero-order valence-corrected chi connectivity index (χ0v) is 38.2. The molecule has 0 atom stereocenters. The van der Waals surface area contributed by atoms with Crippen molar-refractivity contribution in [3.05, 3.63) is 219 Å². The number of hydrogen-bond donors (Lipinski definition) is 0. The van der Waals surface area contributed by atoms with Crippen molar-refractivity contribution in [2.24, 2.45) is 0 Å². The lowest BCUT2D eigenvalue weighted by atomic mass is 9.90. The number of pyridine rings is 6. The van der Waals surface area contributed by atoms with Gasteiger partial charge in [0.05, 0.1) is 97.4 Å². The molecule has 71 heavy (non-hydrogen) atoms. The highest BCUT2D eigenvalue weighted by Gasteiger charge is 2.36. The number of para-hydroxylation sites is 4. The molecule has 0 saturated heterocycles. The van der Waals surface area contributed by atoms with Gasteiger partial charge in [-0.25, -0.2) is 0 Å². The van der Waals surface area contributed by atoms with Crippen LogP contribution in [0.5, 0.6) is 0 Å². The Kier molecular flexibility index (Phi) is 8.34. The third-order valence-corrected chi connectivity index (χ3v) is 14.3. The van der Waals surface area contributed by atoms with E-state index in [-0.39, 0.29) is 0 Å². The van der Waals surface area contributed by atoms with Crippen molar-refractivity contribution in [3.63, 3.8) is 0 Å². The number of aromatic nitrogens is 10. The van der Waals surface area contributed by atoms with Crippen molar-refractivity contribution in [2.45, 2.75) is 6.92 Å². The van der Waals surface area contributed by atoms with E-state index in [0.29, 0.717) is 0 Å². The van der Waals surface area contributed by atoms with Crippen LogP contribution in [0, 0.1) is 6.92 Å². The lowest BCUT2D eigenvalue weighted by molar-refractivity contribution is 1.02. The summed E-state index contributed by atoms with van der Waals surface area (Å²) in [5.74, 6) is 0. The third kappa shape index (κ3) is 5.52. The molecule has 15 aromatic rings. The molecule has 15 rings (SSSR count). The second-order valence-corrected chi connectivity index (χ2v) is 18.0. The monoisotopic (exact) mass is 910 g/mol. The molecule has 10 aromatic heterocycles. The quantitative estimate of drug-likeness (QED) is 0.165. The summed E-state index contributed by atoms with van der Waals surface area (Å²) in [6.45, 7) is 2.07. The summed E-state index contributed by atoms with van der Waals surface area (Å²) in [5.41, 5.74) is 15.9. The van der Waals surface area contributed by atoms with Gasteiger partial charge in [0.25, 0.3) is 0 Å². The van der Waals surface area contributed by atoms with Crippen LogP contribution in [0.15, 0.2) is 214 Å². The van der Waals surface area contributed by atoms with Gasteiger partial charge in [-0.05, 0) is 73.7 Å². The molecule has 0 N–H and O–H groups in total. The van der Waals surface area contributed by atoms with E-state index in [1.54, 1.807) is 0 Å². The fourth-order valence-electron chi connectivity index (χ4n) is 11.5. The van der Waals surface area contributed by atoms with E-state index in [2.05, 4.69) is 171 Å². The third-order valence-electron chi connectivity index (χ3n) is 14.3. The van der Waals surface area contributed by atoms with Crippen LogP contribution in [0.2, 0.25) is 0 Å². The lowest BCUT2D eigenvalue weighted by Gasteiger charge is -2.31. The Morgan fingerprint density at radius 2 is 0.648 bits per heavy atom. The molecule has 10 heterocycles. The van der Waals surface area contributed by atoms with E-state index in [4.69, 9.17) is 29.9 Å². The molecule has 10 heteroatoms. The molecule has 0 fully saturated rings. The topological polar surface area (TPSA) is 97.1 Å². The van der Waals surface area contributed by atoms with Gasteiger partial charge in [-0.15, -0.1) is 0 Å². The van der Waals surface area contributed by atoms with Crippen molar-refractivity contribution in [2.75, 3.05) is 0 Å². The Balaban J connectivity index is 1.36. The van der Waals surface area contributed by atoms with Crippen LogP contribution in [0.4, 0.5) is 0 Å².